The second kappa shape index (κ2) is 13.6. The number of hydrogen-bond acceptors (Lipinski definition) is 8. The molecule has 1 unspecified atom stereocenters. The number of alkyl halides is 6. The van der Waals surface area contributed by atoms with Crippen molar-refractivity contribution in [1.82, 2.24) is 10.3 Å². The van der Waals surface area contributed by atoms with E-state index in [1.165, 1.54) is 32.4 Å². The van der Waals surface area contributed by atoms with E-state index in [9.17, 15) is 50.9 Å². The lowest BCUT2D eigenvalue weighted by atomic mass is 10.0. The summed E-state index contributed by atoms with van der Waals surface area (Å²) in [5, 5.41) is 22.9. The number of ether oxygens (including phenoxy) is 2. The number of urea groups is 1. The Labute approximate surface area is 278 Å². The third kappa shape index (κ3) is 7.37. The number of rotatable bonds is 8. The van der Waals surface area contributed by atoms with E-state index in [0.717, 1.165) is 34.1 Å². The standard InChI is InChI=1S/C31H28F7N5O7/c1-15-9-17(42-7-8-49-14-24(42)30(33,34)35)12-19(32)25(15)26(44)40-20(28(46)47)10-16-3-4-21(23(11-16)50-31(36,37)38)43-27(45)18-5-6-39-13-22(18)41(2)29(43)48/h3-6,9,11-13,20,24,27,45H,7-8,10,14H2,1-2H3,(H,40,44)(H,46,47)/t20-,24+,27?/m0/s1. The highest BCUT2D eigenvalue weighted by molar-refractivity contribution is 6.07. The summed E-state index contributed by atoms with van der Waals surface area (Å²) in [6, 6.07) is 1.23. The Morgan fingerprint density at radius 3 is 2.48 bits per heavy atom. The average molecular weight is 716 g/mol. The zero-order valence-electron chi connectivity index (χ0n) is 26.0. The molecule has 0 bridgehead atoms. The van der Waals surface area contributed by atoms with E-state index in [1.807, 2.05) is 0 Å². The Balaban J connectivity index is 1.41. The highest BCUT2D eigenvalue weighted by Crippen LogP contribution is 2.42. The first-order valence-electron chi connectivity index (χ1n) is 14.7. The molecule has 19 heteroatoms. The minimum absolute atomic E-state index is 0.0654. The first-order chi connectivity index (χ1) is 23.4. The number of anilines is 3. The van der Waals surface area contributed by atoms with Crippen LogP contribution in [0.2, 0.25) is 0 Å². The van der Waals surface area contributed by atoms with Crippen molar-refractivity contribution in [1.29, 1.82) is 0 Å². The lowest BCUT2D eigenvalue weighted by Crippen LogP contribution is -2.53. The Morgan fingerprint density at radius 2 is 1.84 bits per heavy atom. The number of fused-ring (bicyclic) bond motifs is 1. The van der Waals surface area contributed by atoms with Crippen molar-refractivity contribution < 1.29 is 64.8 Å². The summed E-state index contributed by atoms with van der Waals surface area (Å²) >= 11 is 0. The summed E-state index contributed by atoms with van der Waals surface area (Å²) in [5.74, 6) is -5.15. The number of morpholine rings is 1. The van der Waals surface area contributed by atoms with Gasteiger partial charge in [-0.2, -0.15) is 13.2 Å². The van der Waals surface area contributed by atoms with Crippen molar-refractivity contribution in [3.05, 3.63) is 76.9 Å². The molecule has 0 aliphatic carbocycles. The van der Waals surface area contributed by atoms with Crippen molar-refractivity contribution >= 4 is 35.0 Å². The van der Waals surface area contributed by atoms with E-state index in [-0.39, 0.29) is 41.2 Å². The number of aromatic nitrogens is 1. The molecule has 3 atom stereocenters. The van der Waals surface area contributed by atoms with Gasteiger partial charge in [-0.15, -0.1) is 13.2 Å². The number of carbonyl (C=O) groups excluding carboxylic acids is 2. The van der Waals surface area contributed by atoms with Gasteiger partial charge < -0.3 is 29.9 Å². The average Bonchev–Trinajstić information content (AvgIpc) is 3.03. The second-order valence-corrected chi connectivity index (χ2v) is 11.4. The zero-order chi connectivity index (χ0) is 36.7. The fourth-order valence-electron chi connectivity index (χ4n) is 5.76. The fraction of sp³-hybridized carbons (Fsp3) is 0.355. The molecule has 3 N–H and O–H groups in total. The second-order valence-electron chi connectivity index (χ2n) is 11.4. The van der Waals surface area contributed by atoms with E-state index in [1.54, 1.807) is 0 Å². The molecule has 1 aromatic heterocycles. The van der Waals surface area contributed by atoms with Gasteiger partial charge in [0.1, 0.15) is 17.9 Å². The van der Waals surface area contributed by atoms with Crippen LogP contribution in [-0.4, -0.2) is 84.5 Å². The molecule has 268 valence electrons. The van der Waals surface area contributed by atoms with Crippen LogP contribution in [0.4, 0.5) is 52.6 Å². The van der Waals surface area contributed by atoms with E-state index in [4.69, 9.17) is 4.74 Å². The number of carboxylic acid groups (broad SMARTS) is 1. The van der Waals surface area contributed by atoms with Crippen LogP contribution in [0.25, 0.3) is 0 Å². The molecule has 3 amide bonds. The molecule has 1 fully saturated rings. The Morgan fingerprint density at radius 1 is 1.12 bits per heavy atom. The molecule has 2 aliphatic heterocycles. The van der Waals surface area contributed by atoms with Crippen molar-refractivity contribution in [2.45, 2.75) is 44.2 Å². The summed E-state index contributed by atoms with van der Waals surface area (Å²) in [4.78, 5) is 44.9. The van der Waals surface area contributed by atoms with Crippen LogP contribution in [0.1, 0.15) is 33.3 Å². The Bertz CT molecular complexity index is 1780. The smallest absolute Gasteiger partial charge is 0.480 e. The number of benzene rings is 2. The molecule has 3 aromatic rings. The molecule has 2 aliphatic rings. The topological polar surface area (TPSA) is 145 Å². The Hall–Kier alpha value is -5.17. The number of halogens is 7. The number of aliphatic hydroxyl groups excluding tert-OH is 1. The van der Waals surface area contributed by atoms with Crippen LogP contribution in [0.3, 0.4) is 0 Å². The number of aliphatic hydroxyl groups is 1. The number of aliphatic carboxylic acids is 1. The lowest BCUT2D eigenvalue weighted by Gasteiger charge is -2.38. The van der Waals surface area contributed by atoms with Gasteiger partial charge in [0.25, 0.3) is 5.91 Å². The molecule has 0 saturated carbocycles. The molecule has 50 heavy (non-hydrogen) atoms. The van der Waals surface area contributed by atoms with Gasteiger partial charge >= 0.3 is 24.5 Å². The molecule has 1 saturated heterocycles. The first-order valence-corrected chi connectivity index (χ1v) is 14.7. The van der Waals surface area contributed by atoms with Gasteiger partial charge in [-0.1, -0.05) is 6.07 Å². The SMILES string of the molecule is Cc1cc(N2CCOC[C@@H]2C(F)(F)F)cc(F)c1C(=O)N[C@@H](Cc1ccc(N2C(=O)N(C)c3cnccc3C2O)c(OC(F)(F)F)c1)C(=O)O. The number of nitrogens with zero attached hydrogens (tertiary/aromatic N) is 4. The van der Waals surface area contributed by atoms with Crippen molar-refractivity contribution in [3.8, 4) is 5.75 Å². The molecule has 3 heterocycles. The predicted octanol–water partition coefficient (Wildman–Crippen LogP) is 4.69. The van der Waals surface area contributed by atoms with Crippen LogP contribution in [-0.2, 0) is 16.0 Å². The van der Waals surface area contributed by atoms with Crippen LogP contribution in [0.5, 0.6) is 5.75 Å². The monoisotopic (exact) mass is 715 g/mol. The fourth-order valence-corrected chi connectivity index (χ4v) is 5.76. The summed E-state index contributed by atoms with van der Waals surface area (Å²) in [7, 11) is 1.31. The number of carbonyl (C=O) groups is 3. The molecule has 0 radical (unpaired) electrons. The maximum atomic E-state index is 15.3. The van der Waals surface area contributed by atoms with E-state index < -0.39 is 84.6 Å². The third-order valence-corrected chi connectivity index (χ3v) is 8.10. The number of nitrogens with one attached hydrogen (secondary N) is 1. The van der Waals surface area contributed by atoms with Gasteiger partial charge in [0.2, 0.25) is 0 Å². The largest absolute Gasteiger partial charge is 0.573 e. The number of aryl methyl sites for hydroxylation is 1. The van der Waals surface area contributed by atoms with Gasteiger partial charge in [-0.05, 0) is 48.4 Å². The number of pyridine rings is 1. The van der Waals surface area contributed by atoms with Crippen molar-refractivity contribution in [2.24, 2.45) is 0 Å². The highest BCUT2D eigenvalue weighted by atomic mass is 19.4. The zero-order valence-corrected chi connectivity index (χ0v) is 26.0. The Kier molecular flexibility index (Phi) is 9.84. The first kappa shape index (κ1) is 36.1. The lowest BCUT2D eigenvalue weighted by molar-refractivity contribution is -0.274. The van der Waals surface area contributed by atoms with Crippen LogP contribution in [0, 0.1) is 12.7 Å². The predicted molar refractivity (Wildman–Crippen MR) is 160 cm³/mol. The molecule has 5 rings (SSSR count). The number of carboxylic acids is 1. The van der Waals surface area contributed by atoms with Gasteiger partial charge in [-0.25, -0.2) is 14.0 Å². The van der Waals surface area contributed by atoms with Gasteiger partial charge in [0, 0.05) is 37.5 Å². The summed E-state index contributed by atoms with van der Waals surface area (Å²) in [6.45, 7) is 0.258. The van der Waals surface area contributed by atoms with E-state index >= 15 is 4.39 Å². The van der Waals surface area contributed by atoms with Crippen LogP contribution in [0.15, 0.2) is 48.8 Å². The van der Waals surface area contributed by atoms with Crippen LogP contribution >= 0.6 is 0 Å². The van der Waals surface area contributed by atoms with Crippen LogP contribution < -0.4 is 24.8 Å². The minimum Gasteiger partial charge on any atom is -0.480 e. The number of amides is 3. The van der Waals surface area contributed by atoms with Crippen molar-refractivity contribution in [2.75, 3.05) is 41.5 Å². The third-order valence-electron chi connectivity index (χ3n) is 8.10. The summed E-state index contributed by atoms with van der Waals surface area (Å²) in [6.07, 6.45) is -9.86. The number of hydrogen-bond donors (Lipinski definition) is 3. The maximum Gasteiger partial charge on any atom is 0.573 e. The molecular formula is C31H28F7N5O7. The molecule has 0 spiro atoms. The van der Waals surface area contributed by atoms with Gasteiger partial charge in [-0.3, -0.25) is 19.6 Å². The quantitative estimate of drug-likeness (QED) is 0.283. The highest BCUT2D eigenvalue weighted by Gasteiger charge is 2.46. The maximum absolute atomic E-state index is 15.3. The molecule has 2 aromatic carbocycles. The normalized spacial score (nSPS) is 18.8. The summed E-state index contributed by atoms with van der Waals surface area (Å²) in [5.41, 5.74) is -1.30. The van der Waals surface area contributed by atoms with Gasteiger partial charge in [0.15, 0.2) is 12.0 Å². The van der Waals surface area contributed by atoms with Crippen molar-refractivity contribution in [3.63, 3.8) is 0 Å². The molecular weight excluding hydrogens is 687 g/mol. The minimum atomic E-state index is -5.30. The van der Waals surface area contributed by atoms with Gasteiger partial charge in [0.05, 0.1) is 36.3 Å². The summed E-state index contributed by atoms with van der Waals surface area (Å²) < 4.78 is 106. The molecule has 12 nitrogen and oxygen atoms in total. The van der Waals surface area contributed by atoms with E-state index in [0.29, 0.717) is 11.0 Å². The van der Waals surface area contributed by atoms with E-state index in [2.05, 4.69) is 15.0 Å².